The molecule has 2 aromatic rings. The van der Waals surface area contributed by atoms with E-state index in [4.69, 9.17) is 21.2 Å². The number of halogens is 1. The van der Waals surface area contributed by atoms with Crippen molar-refractivity contribution in [3.05, 3.63) is 64.7 Å². The molecule has 2 rings (SSSR count). The van der Waals surface area contributed by atoms with Crippen LogP contribution in [0, 0.1) is 6.92 Å². The quantitative estimate of drug-likeness (QED) is 0.453. The number of carbonyl (C=O) groups excluding carboxylic acids is 1. The number of oxime groups is 1. The third-order valence-electron chi connectivity index (χ3n) is 3.02. The Bertz CT molecular complexity index is 687. The van der Waals surface area contributed by atoms with Crippen LogP contribution in [0.4, 0.5) is 0 Å². The average molecular weight is 347 g/mol. The maximum Gasteiger partial charge on any atom is 0.260 e. The highest BCUT2D eigenvalue weighted by molar-refractivity contribution is 6.30. The molecule has 0 bridgehead atoms. The number of aryl methyl sites for hydroxylation is 1. The van der Waals surface area contributed by atoms with Gasteiger partial charge in [-0.1, -0.05) is 41.0 Å². The molecule has 0 saturated heterocycles. The zero-order valence-electron chi connectivity index (χ0n) is 13.4. The molecule has 0 saturated carbocycles. The second kappa shape index (κ2) is 9.57. The number of hydrogen-bond donors (Lipinski definition) is 1. The van der Waals surface area contributed by atoms with Crippen molar-refractivity contribution >= 4 is 23.7 Å². The Hall–Kier alpha value is -2.53. The van der Waals surface area contributed by atoms with Crippen LogP contribution < -0.4 is 10.1 Å². The van der Waals surface area contributed by atoms with Crippen molar-refractivity contribution in [3.63, 3.8) is 0 Å². The third kappa shape index (κ3) is 6.71. The number of nitrogens with one attached hydrogen (secondary N) is 1. The van der Waals surface area contributed by atoms with E-state index in [9.17, 15) is 4.79 Å². The van der Waals surface area contributed by atoms with Crippen molar-refractivity contribution in [3.8, 4) is 5.75 Å². The van der Waals surface area contributed by atoms with Crippen LogP contribution in [0.25, 0.3) is 0 Å². The Kier molecular flexibility index (Phi) is 7.11. The Balaban J connectivity index is 1.59. The zero-order valence-corrected chi connectivity index (χ0v) is 14.1. The maximum absolute atomic E-state index is 11.6. The fourth-order valence-corrected chi connectivity index (χ4v) is 1.98. The molecule has 0 atom stereocenters. The molecule has 0 fully saturated rings. The Morgan fingerprint density at radius 3 is 2.79 bits per heavy atom. The first kappa shape index (κ1) is 17.8. The van der Waals surface area contributed by atoms with Gasteiger partial charge in [0.15, 0.2) is 6.61 Å². The minimum Gasteiger partial charge on any atom is -0.492 e. The molecule has 24 heavy (non-hydrogen) atoms. The average Bonchev–Trinajstić information content (AvgIpc) is 2.57. The van der Waals surface area contributed by atoms with E-state index in [0.717, 1.165) is 16.9 Å². The summed E-state index contributed by atoms with van der Waals surface area (Å²) in [5, 5.41) is 7.08. The summed E-state index contributed by atoms with van der Waals surface area (Å²) in [7, 11) is 0. The van der Waals surface area contributed by atoms with Crippen molar-refractivity contribution in [2.45, 2.75) is 6.92 Å². The molecule has 0 aliphatic rings. The summed E-state index contributed by atoms with van der Waals surface area (Å²) in [4.78, 5) is 16.5. The lowest BCUT2D eigenvalue weighted by atomic mass is 10.2. The molecule has 1 amide bonds. The Morgan fingerprint density at radius 2 is 2.04 bits per heavy atom. The van der Waals surface area contributed by atoms with E-state index in [1.54, 1.807) is 24.3 Å². The lowest BCUT2D eigenvalue weighted by Gasteiger charge is -2.07. The standard InChI is InChI=1S/C18H19ClN2O3/c1-14-3-2-4-17(11-14)23-10-9-20-18(22)13-24-21-12-15-5-7-16(19)8-6-15/h2-8,11-12H,9-10,13H2,1H3,(H,20,22)/b21-12+. The molecule has 6 heteroatoms. The largest absolute Gasteiger partial charge is 0.492 e. The normalized spacial score (nSPS) is 10.6. The van der Waals surface area contributed by atoms with E-state index in [2.05, 4.69) is 10.5 Å². The van der Waals surface area contributed by atoms with Crippen LogP contribution in [0.5, 0.6) is 5.75 Å². The summed E-state index contributed by atoms with van der Waals surface area (Å²) in [5.41, 5.74) is 1.97. The summed E-state index contributed by atoms with van der Waals surface area (Å²) in [6.07, 6.45) is 1.52. The molecule has 5 nitrogen and oxygen atoms in total. The first-order valence-corrected chi connectivity index (χ1v) is 7.88. The lowest BCUT2D eigenvalue weighted by Crippen LogP contribution is -2.30. The Labute approximate surface area is 146 Å². The Morgan fingerprint density at radius 1 is 1.25 bits per heavy atom. The van der Waals surface area contributed by atoms with Crippen molar-refractivity contribution < 1.29 is 14.4 Å². The monoisotopic (exact) mass is 346 g/mol. The van der Waals surface area contributed by atoms with Gasteiger partial charge >= 0.3 is 0 Å². The van der Waals surface area contributed by atoms with Crippen molar-refractivity contribution in [1.82, 2.24) is 5.32 Å². The summed E-state index contributed by atoms with van der Waals surface area (Å²) in [5.74, 6) is 0.532. The fourth-order valence-electron chi connectivity index (χ4n) is 1.86. The molecule has 0 spiro atoms. The van der Waals surface area contributed by atoms with E-state index in [0.29, 0.717) is 18.2 Å². The first-order chi connectivity index (χ1) is 11.6. The van der Waals surface area contributed by atoms with Crippen LogP contribution in [-0.2, 0) is 9.63 Å². The van der Waals surface area contributed by atoms with Crippen LogP contribution in [0.15, 0.2) is 53.7 Å². The summed E-state index contributed by atoms with van der Waals surface area (Å²) in [6.45, 7) is 2.64. The maximum atomic E-state index is 11.6. The number of rotatable bonds is 8. The number of benzene rings is 2. The molecule has 2 aromatic carbocycles. The molecule has 0 aliphatic heterocycles. The van der Waals surface area contributed by atoms with Gasteiger partial charge in [-0.15, -0.1) is 0 Å². The van der Waals surface area contributed by atoms with Crippen molar-refractivity contribution in [2.75, 3.05) is 19.8 Å². The van der Waals surface area contributed by atoms with Gasteiger partial charge in [0.25, 0.3) is 5.91 Å². The lowest BCUT2D eigenvalue weighted by molar-refractivity contribution is -0.125. The van der Waals surface area contributed by atoms with E-state index in [-0.39, 0.29) is 12.5 Å². The number of hydrogen-bond acceptors (Lipinski definition) is 4. The summed E-state index contributed by atoms with van der Waals surface area (Å²) < 4.78 is 5.53. The van der Waals surface area contributed by atoms with E-state index in [1.165, 1.54) is 6.21 Å². The van der Waals surface area contributed by atoms with Gasteiger partial charge < -0.3 is 14.9 Å². The van der Waals surface area contributed by atoms with Gasteiger partial charge in [-0.25, -0.2) is 0 Å². The highest BCUT2D eigenvalue weighted by Crippen LogP contribution is 2.11. The minimum absolute atomic E-state index is 0.144. The van der Waals surface area contributed by atoms with Crippen LogP contribution in [-0.4, -0.2) is 31.9 Å². The second-order valence-corrected chi connectivity index (χ2v) is 5.51. The van der Waals surface area contributed by atoms with Crippen molar-refractivity contribution in [1.29, 1.82) is 0 Å². The van der Waals surface area contributed by atoms with Crippen LogP contribution in [0.1, 0.15) is 11.1 Å². The molecule has 0 aliphatic carbocycles. The summed E-state index contributed by atoms with van der Waals surface area (Å²) >= 11 is 5.78. The predicted molar refractivity (Wildman–Crippen MR) is 94.7 cm³/mol. The topological polar surface area (TPSA) is 59.9 Å². The number of ether oxygens (including phenoxy) is 1. The van der Waals surface area contributed by atoms with Gasteiger partial charge in [0, 0.05) is 5.02 Å². The second-order valence-electron chi connectivity index (χ2n) is 5.07. The number of nitrogens with zero attached hydrogens (tertiary/aromatic N) is 1. The van der Waals surface area contributed by atoms with Gasteiger partial charge in [0.2, 0.25) is 0 Å². The van der Waals surface area contributed by atoms with Gasteiger partial charge in [0.05, 0.1) is 12.8 Å². The highest BCUT2D eigenvalue weighted by Gasteiger charge is 2.01. The first-order valence-electron chi connectivity index (χ1n) is 7.50. The number of carbonyl (C=O) groups is 1. The van der Waals surface area contributed by atoms with Gasteiger partial charge in [-0.05, 0) is 42.3 Å². The van der Waals surface area contributed by atoms with E-state index in [1.807, 2.05) is 31.2 Å². The van der Waals surface area contributed by atoms with Crippen LogP contribution in [0.3, 0.4) is 0 Å². The van der Waals surface area contributed by atoms with Gasteiger partial charge in [-0.3, -0.25) is 4.79 Å². The zero-order chi connectivity index (χ0) is 17.2. The molecule has 0 radical (unpaired) electrons. The molecule has 1 N–H and O–H groups in total. The fraction of sp³-hybridized carbons (Fsp3) is 0.222. The molecule has 0 heterocycles. The van der Waals surface area contributed by atoms with Crippen molar-refractivity contribution in [2.24, 2.45) is 5.16 Å². The van der Waals surface area contributed by atoms with Crippen LogP contribution in [0.2, 0.25) is 5.02 Å². The highest BCUT2D eigenvalue weighted by atomic mass is 35.5. The molecular weight excluding hydrogens is 328 g/mol. The van der Waals surface area contributed by atoms with Gasteiger partial charge in [-0.2, -0.15) is 0 Å². The van der Waals surface area contributed by atoms with E-state index >= 15 is 0 Å². The molecule has 0 unspecified atom stereocenters. The van der Waals surface area contributed by atoms with Crippen LogP contribution >= 0.6 is 11.6 Å². The SMILES string of the molecule is Cc1cccc(OCCNC(=O)CO/N=C/c2ccc(Cl)cc2)c1. The smallest absolute Gasteiger partial charge is 0.260 e. The third-order valence-corrected chi connectivity index (χ3v) is 3.28. The molecule has 126 valence electrons. The minimum atomic E-state index is -0.254. The van der Waals surface area contributed by atoms with E-state index < -0.39 is 0 Å². The summed E-state index contributed by atoms with van der Waals surface area (Å²) in [6, 6.07) is 14.9. The van der Waals surface area contributed by atoms with Gasteiger partial charge in [0.1, 0.15) is 12.4 Å². The molecular formula is C18H19ClN2O3. The molecule has 0 aromatic heterocycles. The number of amides is 1. The predicted octanol–water partition coefficient (Wildman–Crippen LogP) is 3.19.